The van der Waals surface area contributed by atoms with Crippen LogP contribution in [-0.2, 0) is 11.3 Å². The number of hydrogen-bond acceptors (Lipinski definition) is 5. The van der Waals surface area contributed by atoms with Crippen molar-refractivity contribution in [3.63, 3.8) is 0 Å². The Morgan fingerprint density at radius 1 is 1.19 bits per heavy atom. The first kappa shape index (κ1) is 21.6. The number of hydrogen-bond donors (Lipinski definition) is 2. The maximum absolute atomic E-state index is 13.5. The number of nitrogens with one attached hydrogen (secondary N) is 1. The number of amides is 1. The highest BCUT2D eigenvalue weighted by Gasteiger charge is 2.55. The monoisotopic (exact) mass is 425 g/mol. The van der Waals surface area contributed by atoms with E-state index in [1.54, 1.807) is 7.11 Å². The van der Waals surface area contributed by atoms with E-state index in [-0.39, 0.29) is 42.0 Å². The number of aliphatic hydroxyl groups is 1. The summed E-state index contributed by atoms with van der Waals surface area (Å²) in [5.41, 5.74) is 2.26. The standard InChI is InChI=1S/C24H31N3O4/c1-4-12-25-23(29)21-18(14-28)20-13-27-19(22(21)26(20)5-2)11-10-17(24(27)30)15-6-8-16(31-3)9-7-15/h6-11,18,20-22,28H,4-5,12-14H2,1-3H3,(H,25,29)/t18-,20-,21+,22+/m0/s1. The van der Waals surface area contributed by atoms with Crippen LogP contribution in [0.1, 0.15) is 32.0 Å². The number of methoxy groups -OCH3 is 1. The molecule has 3 heterocycles. The van der Waals surface area contributed by atoms with Crippen LogP contribution in [0.5, 0.6) is 5.75 Å². The average molecular weight is 426 g/mol. The number of rotatable bonds is 7. The molecule has 0 unspecified atom stereocenters. The van der Waals surface area contributed by atoms with E-state index in [0.717, 1.165) is 30.0 Å². The van der Waals surface area contributed by atoms with E-state index in [9.17, 15) is 14.7 Å². The molecule has 2 N–H and O–H groups in total. The summed E-state index contributed by atoms with van der Waals surface area (Å²) in [5, 5.41) is 13.2. The van der Waals surface area contributed by atoms with Crippen molar-refractivity contribution >= 4 is 5.91 Å². The van der Waals surface area contributed by atoms with E-state index < -0.39 is 0 Å². The molecule has 1 fully saturated rings. The molecule has 31 heavy (non-hydrogen) atoms. The normalized spacial score (nSPS) is 24.6. The van der Waals surface area contributed by atoms with Crippen LogP contribution in [0.3, 0.4) is 0 Å². The maximum atomic E-state index is 13.5. The third-order valence-electron chi connectivity index (χ3n) is 6.79. The number of pyridine rings is 1. The van der Waals surface area contributed by atoms with Gasteiger partial charge in [-0.15, -0.1) is 0 Å². The Kier molecular flexibility index (Phi) is 6.16. The van der Waals surface area contributed by atoms with Crippen LogP contribution < -0.4 is 15.6 Å². The average Bonchev–Trinajstić information content (AvgIpc) is 3.03. The zero-order valence-electron chi connectivity index (χ0n) is 18.4. The van der Waals surface area contributed by atoms with Gasteiger partial charge in [-0.1, -0.05) is 26.0 Å². The largest absolute Gasteiger partial charge is 0.497 e. The molecular weight excluding hydrogens is 394 g/mol. The second-order valence-corrected chi connectivity index (χ2v) is 8.32. The fraction of sp³-hybridized carbons (Fsp3) is 0.500. The van der Waals surface area contributed by atoms with Crippen LogP contribution in [0.4, 0.5) is 0 Å². The van der Waals surface area contributed by atoms with Crippen LogP contribution in [-0.4, -0.2) is 53.3 Å². The van der Waals surface area contributed by atoms with Gasteiger partial charge in [-0.25, -0.2) is 0 Å². The lowest BCUT2D eigenvalue weighted by Crippen LogP contribution is -2.46. The quantitative estimate of drug-likeness (QED) is 0.709. The number of benzene rings is 1. The van der Waals surface area contributed by atoms with Gasteiger partial charge in [-0.05, 0) is 42.8 Å². The SMILES string of the molecule is CCCNC(=O)[C@@H]1[C@@H](CO)[C@@H]2Cn3c(ccc(-c4ccc(OC)cc4)c3=O)[C@H]1N2CC. The lowest BCUT2D eigenvalue weighted by molar-refractivity contribution is -0.127. The van der Waals surface area contributed by atoms with E-state index in [1.807, 2.05) is 47.9 Å². The zero-order valence-corrected chi connectivity index (χ0v) is 18.4. The highest BCUT2D eigenvalue weighted by atomic mass is 16.5. The Morgan fingerprint density at radius 2 is 1.94 bits per heavy atom. The molecule has 2 bridgehead atoms. The molecule has 2 aliphatic rings. The fourth-order valence-electron chi connectivity index (χ4n) is 5.31. The van der Waals surface area contributed by atoms with E-state index in [2.05, 4.69) is 17.1 Å². The number of fused-ring (bicyclic) bond motifs is 4. The molecule has 4 rings (SSSR count). The summed E-state index contributed by atoms with van der Waals surface area (Å²) in [4.78, 5) is 28.8. The summed E-state index contributed by atoms with van der Waals surface area (Å²) in [7, 11) is 1.61. The van der Waals surface area contributed by atoms with Crippen LogP contribution in [0.2, 0.25) is 0 Å². The summed E-state index contributed by atoms with van der Waals surface area (Å²) in [6.45, 7) is 5.87. The van der Waals surface area contributed by atoms with Crippen molar-refractivity contribution in [1.82, 2.24) is 14.8 Å². The summed E-state index contributed by atoms with van der Waals surface area (Å²) < 4.78 is 7.04. The molecule has 7 heteroatoms. The number of ether oxygens (including phenoxy) is 1. The first-order valence-corrected chi connectivity index (χ1v) is 11.1. The van der Waals surface area contributed by atoms with Gasteiger partial charge in [0.05, 0.1) is 19.1 Å². The van der Waals surface area contributed by atoms with E-state index in [4.69, 9.17) is 4.74 Å². The van der Waals surface area contributed by atoms with Crippen molar-refractivity contribution in [2.75, 3.05) is 26.8 Å². The summed E-state index contributed by atoms with van der Waals surface area (Å²) >= 11 is 0. The second-order valence-electron chi connectivity index (χ2n) is 8.32. The molecule has 0 radical (unpaired) electrons. The molecule has 0 aliphatic carbocycles. The molecule has 1 aromatic carbocycles. The molecular formula is C24H31N3O4. The summed E-state index contributed by atoms with van der Waals surface area (Å²) in [6, 6.07) is 11.0. The van der Waals surface area contributed by atoms with E-state index in [0.29, 0.717) is 18.7 Å². The third kappa shape index (κ3) is 3.55. The van der Waals surface area contributed by atoms with Gasteiger partial charge in [-0.2, -0.15) is 0 Å². The van der Waals surface area contributed by atoms with Crippen molar-refractivity contribution in [3.05, 3.63) is 52.4 Å². The topological polar surface area (TPSA) is 83.8 Å². The van der Waals surface area contributed by atoms with E-state index >= 15 is 0 Å². The lowest BCUT2D eigenvalue weighted by atomic mass is 9.86. The first-order chi connectivity index (χ1) is 15.0. The van der Waals surface area contributed by atoms with Crippen LogP contribution in [0.25, 0.3) is 11.1 Å². The molecule has 1 aromatic heterocycles. The molecule has 2 aliphatic heterocycles. The predicted octanol–water partition coefficient (Wildman–Crippen LogP) is 2.03. The first-order valence-electron chi connectivity index (χ1n) is 11.1. The maximum Gasteiger partial charge on any atom is 0.258 e. The number of nitrogens with zero attached hydrogens (tertiary/aromatic N) is 2. The minimum Gasteiger partial charge on any atom is -0.497 e. The predicted molar refractivity (Wildman–Crippen MR) is 119 cm³/mol. The van der Waals surface area contributed by atoms with Crippen molar-refractivity contribution < 1.29 is 14.6 Å². The number of aromatic nitrogens is 1. The fourth-order valence-corrected chi connectivity index (χ4v) is 5.31. The van der Waals surface area contributed by atoms with Crippen molar-refractivity contribution in [2.24, 2.45) is 11.8 Å². The Bertz CT molecular complexity index is 1000. The second kappa shape index (κ2) is 8.85. The minimum atomic E-state index is -0.374. The molecule has 7 nitrogen and oxygen atoms in total. The van der Waals surface area contributed by atoms with Gasteiger partial charge in [-0.3, -0.25) is 14.5 Å². The van der Waals surface area contributed by atoms with Gasteiger partial charge in [0.2, 0.25) is 5.91 Å². The molecule has 0 spiro atoms. The van der Waals surface area contributed by atoms with Gasteiger partial charge in [0.25, 0.3) is 5.56 Å². The number of carbonyl (C=O) groups excluding carboxylic acids is 1. The lowest BCUT2D eigenvalue weighted by Gasteiger charge is -2.37. The smallest absolute Gasteiger partial charge is 0.258 e. The van der Waals surface area contributed by atoms with E-state index in [1.165, 1.54) is 0 Å². The van der Waals surface area contributed by atoms with Crippen LogP contribution >= 0.6 is 0 Å². The Labute approximate surface area is 182 Å². The van der Waals surface area contributed by atoms with Crippen molar-refractivity contribution in [2.45, 2.75) is 38.9 Å². The molecule has 0 saturated carbocycles. The number of aliphatic hydroxyl groups excluding tert-OH is 1. The minimum absolute atomic E-state index is 0.0352. The summed E-state index contributed by atoms with van der Waals surface area (Å²) in [5.74, 6) is 0.129. The van der Waals surface area contributed by atoms with Crippen LogP contribution in [0, 0.1) is 11.8 Å². The molecule has 1 saturated heterocycles. The number of carbonyl (C=O) groups is 1. The zero-order chi connectivity index (χ0) is 22.1. The molecule has 4 atom stereocenters. The Hall–Kier alpha value is -2.64. The molecule has 166 valence electrons. The molecule has 2 aromatic rings. The summed E-state index contributed by atoms with van der Waals surface area (Å²) in [6.07, 6.45) is 0.856. The number of likely N-dealkylation sites (N-methyl/N-ethyl adjacent to an activating group) is 1. The van der Waals surface area contributed by atoms with Gasteiger partial charge in [0.1, 0.15) is 5.75 Å². The van der Waals surface area contributed by atoms with Gasteiger partial charge in [0.15, 0.2) is 0 Å². The Balaban J connectivity index is 1.78. The van der Waals surface area contributed by atoms with Crippen molar-refractivity contribution in [3.8, 4) is 16.9 Å². The van der Waals surface area contributed by atoms with Crippen LogP contribution in [0.15, 0.2) is 41.2 Å². The van der Waals surface area contributed by atoms with Gasteiger partial charge in [0, 0.05) is 42.9 Å². The van der Waals surface area contributed by atoms with Gasteiger partial charge >= 0.3 is 0 Å². The third-order valence-corrected chi connectivity index (χ3v) is 6.79. The highest BCUT2D eigenvalue weighted by molar-refractivity contribution is 5.80. The highest BCUT2D eigenvalue weighted by Crippen LogP contribution is 2.48. The van der Waals surface area contributed by atoms with Crippen molar-refractivity contribution in [1.29, 1.82) is 0 Å². The van der Waals surface area contributed by atoms with Gasteiger partial charge < -0.3 is 19.7 Å². The Morgan fingerprint density at radius 3 is 2.55 bits per heavy atom. The molecule has 1 amide bonds.